The fourth-order valence-electron chi connectivity index (χ4n) is 3.66. The van der Waals surface area contributed by atoms with Crippen molar-refractivity contribution in [3.63, 3.8) is 0 Å². The Morgan fingerprint density at radius 1 is 1.18 bits per heavy atom. The number of thiol groups is 1. The predicted octanol–water partition coefficient (Wildman–Crippen LogP) is 5.85. The fraction of sp³-hybridized carbons (Fsp3) is 0.308. The number of carboxylic acids is 1. The number of imidazole rings is 1. The van der Waals surface area contributed by atoms with Gasteiger partial charge in [0.05, 0.1) is 12.0 Å². The second-order valence-electron chi connectivity index (χ2n) is 7.98. The molecule has 3 aromatic rings. The first-order valence-electron chi connectivity index (χ1n) is 11.2. The third kappa shape index (κ3) is 7.22. The first-order valence-corrected chi connectivity index (χ1v) is 12.0. The fourth-order valence-corrected chi connectivity index (χ4v) is 4.20. The Morgan fingerprint density at radius 3 is 2.61 bits per heavy atom. The number of carboxylic acid groups (broad SMARTS) is 1. The molecule has 33 heavy (non-hydrogen) atoms. The maximum absolute atomic E-state index is 11.9. The van der Waals surface area contributed by atoms with Gasteiger partial charge in [0, 0.05) is 34.8 Å². The Labute approximate surface area is 205 Å². The normalized spacial score (nSPS) is 12.9. The minimum atomic E-state index is -0.880. The molecule has 0 saturated heterocycles. The number of hydrogen-bond acceptors (Lipinski definition) is 4. The molecule has 5 nitrogen and oxygen atoms in total. The summed E-state index contributed by atoms with van der Waals surface area (Å²) >= 11 is 11.3. The number of aliphatic carboxylic acids is 1. The maximum atomic E-state index is 11.9. The van der Waals surface area contributed by atoms with Gasteiger partial charge in [-0.15, -0.1) is 12.6 Å². The number of nitrogens with zero attached hydrogens (tertiary/aromatic N) is 2. The van der Waals surface area contributed by atoms with E-state index in [0.29, 0.717) is 24.4 Å². The molecule has 0 spiro atoms. The van der Waals surface area contributed by atoms with Crippen LogP contribution in [-0.2, 0) is 24.2 Å². The molecule has 1 heterocycles. The Morgan fingerprint density at radius 2 is 1.91 bits per heavy atom. The zero-order valence-corrected chi connectivity index (χ0v) is 20.4. The van der Waals surface area contributed by atoms with Crippen molar-refractivity contribution in [2.24, 2.45) is 0 Å². The summed E-state index contributed by atoms with van der Waals surface area (Å²) in [6, 6.07) is 16.7. The number of unbranched alkanes of at least 4 members (excludes halogenated alkanes) is 1. The van der Waals surface area contributed by atoms with Crippen LogP contribution in [0.1, 0.15) is 43.0 Å². The Kier molecular flexibility index (Phi) is 9.61. The van der Waals surface area contributed by atoms with Gasteiger partial charge in [-0.1, -0.05) is 73.5 Å². The molecule has 0 amide bonds. The second-order valence-corrected chi connectivity index (χ2v) is 8.93. The summed E-state index contributed by atoms with van der Waals surface area (Å²) in [5.74, 6) is -0.880. The molecule has 7 heteroatoms. The smallest absolute Gasteiger partial charge is 0.321 e. The summed E-state index contributed by atoms with van der Waals surface area (Å²) in [6.07, 6.45) is 7.50. The van der Waals surface area contributed by atoms with Gasteiger partial charge in [-0.25, -0.2) is 4.98 Å². The van der Waals surface area contributed by atoms with E-state index in [0.717, 1.165) is 46.7 Å². The third-order valence-electron chi connectivity index (χ3n) is 5.53. The van der Waals surface area contributed by atoms with E-state index in [2.05, 4.69) is 17.2 Å². The molecular formula is C26H30ClN3O2S. The minimum absolute atomic E-state index is 0.366. The summed E-state index contributed by atoms with van der Waals surface area (Å²) in [5.41, 5.74) is 3.86. The highest BCUT2D eigenvalue weighted by Crippen LogP contribution is 2.28. The van der Waals surface area contributed by atoms with Gasteiger partial charge in [0.1, 0.15) is 6.04 Å². The third-order valence-corrected chi connectivity index (χ3v) is 6.38. The number of halogens is 1. The summed E-state index contributed by atoms with van der Waals surface area (Å²) in [5, 5.41) is 13.6. The van der Waals surface area contributed by atoms with Crippen LogP contribution in [0, 0.1) is 0 Å². The summed E-state index contributed by atoms with van der Waals surface area (Å²) in [6.45, 7) is 2.52. The first kappa shape index (κ1) is 25.1. The van der Waals surface area contributed by atoms with Crippen LogP contribution in [0.3, 0.4) is 0 Å². The van der Waals surface area contributed by atoms with E-state index < -0.39 is 12.0 Å². The molecule has 2 aromatic carbocycles. The number of nitrogens with one attached hydrogen (secondary N) is 1. The molecule has 0 saturated carbocycles. The van der Waals surface area contributed by atoms with Crippen LogP contribution in [0.15, 0.2) is 72.0 Å². The molecule has 1 atom stereocenters. The van der Waals surface area contributed by atoms with E-state index in [-0.39, 0.29) is 0 Å². The first-order chi connectivity index (χ1) is 16.0. The number of carbonyl (C=O) groups is 1. The zero-order chi connectivity index (χ0) is 23.6. The standard InChI is InChI=1S/C26H30ClN3O2S/c1-2-3-13-25(33)24(15-20-11-7-8-12-22(20)27)30-18-28-16-21(30)17-29-23(26(31)32)14-19-9-5-4-6-10-19/h4-12,16,18,23,29,33H,2-3,13-15,17H2,1H3,(H,31,32)/b25-24+. The zero-order valence-electron chi connectivity index (χ0n) is 18.7. The van der Waals surface area contributed by atoms with Gasteiger partial charge in [-0.05, 0) is 36.5 Å². The monoisotopic (exact) mass is 483 g/mol. The highest BCUT2D eigenvalue weighted by atomic mass is 35.5. The molecule has 0 bridgehead atoms. The Bertz CT molecular complexity index is 1080. The number of benzene rings is 2. The topological polar surface area (TPSA) is 67.2 Å². The van der Waals surface area contributed by atoms with Crippen LogP contribution >= 0.6 is 24.2 Å². The highest BCUT2D eigenvalue weighted by Gasteiger charge is 2.19. The van der Waals surface area contributed by atoms with Crippen molar-refractivity contribution < 1.29 is 9.90 Å². The van der Waals surface area contributed by atoms with Crippen LogP contribution in [0.5, 0.6) is 0 Å². The van der Waals surface area contributed by atoms with Crippen LogP contribution in [0.2, 0.25) is 5.02 Å². The predicted molar refractivity (Wildman–Crippen MR) is 138 cm³/mol. The molecule has 1 unspecified atom stereocenters. The van der Waals surface area contributed by atoms with E-state index in [1.807, 2.05) is 59.2 Å². The summed E-state index contributed by atoms with van der Waals surface area (Å²) < 4.78 is 2.01. The van der Waals surface area contributed by atoms with E-state index in [1.54, 1.807) is 12.5 Å². The minimum Gasteiger partial charge on any atom is -0.480 e. The van der Waals surface area contributed by atoms with E-state index in [4.69, 9.17) is 24.2 Å². The van der Waals surface area contributed by atoms with Gasteiger partial charge >= 0.3 is 5.97 Å². The quantitative estimate of drug-likeness (QED) is 0.282. The largest absolute Gasteiger partial charge is 0.480 e. The summed E-state index contributed by atoms with van der Waals surface area (Å²) in [4.78, 5) is 17.2. The van der Waals surface area contributed by atoms with Crippen molar-refractivity contribution in [3.05, 3.63) is 93.9 Å². The van der Waals surface area contributed by atoms with Crippen molar-refractivity contribution in [2.45, 2.75) is 51.6 Å². The van der Waals surface area contributed by atoms with Gasteiger partial charge < -0.3 is 9.67 Å². The lowest BCUT2D eigenvalue weighted by molar-refractivity contribution is -0.139. The Balaban J connectivity index is 1.83. The SMILES string of the molecule is CCCC/C(S)=C(/Cc1ccccc1Cl)n1cncc1CNC(Cc1ccccc1)C(=O)O. The number of allylic oxidation sites excluding steroid dienone is 2. The second kappa shape index (κ2) is 12.6. The van der Waals surface area contributed by atoms with Crippen molar-refractivity contribution >= 4 is 35.9 Å². The van der Waals surface area contributed by atoms with E-state index in [9.17, 15) is 9.90 Å². The molecule has 2 N–H and O–H groups in total. The van der Waals surface area contributed by atoms with Crippen molar-refractivity contribution in [1.29, 1.82) is 0 Å². The molecule has 0 fully saturated rings. The van der Waals surface area contributed by atoms with Gasteiger partial charge in [0.25, 0.3) is 0 Å². The number of rotatable bonds is 12. The molecule has 1 aromatic heterocycles. The number of aromatic nitrogens is 2. The Hall–Kier alpha value is -2.54. The van der Waals surface area contributed by atoms with Crippen LogP contribution < -0.4 is 5.32 Å². The average Bonchev–Trinajstić information content (AvgIpc) is 3.28. The molecular weight excluding hydrogens is 454 g/mol. The lowest BCUT2D eigenvalue weighted by Crippen LogP contribution is -2.38. The van der Waals surface area contributed by atoms with Crippen molar-refractivity contribution in [2.75, 3.05) is 0 Å². The van der Waals surface area contributed by atoms with E-state index in [1.165, 1.54) is 0 Å². The number of hydrogen-bond donors (Lipinski definition) is 3. The maximum Gasteiger partial charge on any atom is 0.321 e. The average molecular weight is 484 g/mol. The van der Waals surface area contributed by atoms with Gasteiger partial charge in [0.2, 0.25) is 0 Å². The molecule has 0 aliphatic carbocycles. The van der Waals surface area contributed by atoms with Crippen LogP contribution in [-0.4, -0.2) is 26.7 Å². The molecule has 0 aliphatic rings. The van der Waals surface area contributed by atoms with Crippen LogP contribution in [0.4, 0.5) is 0 Å². The summed E-state index contributed by atoms with van der Waals surface area (Å²) in [7, 11) is 0. The van der Waals surface area contributed by atoms with Gasteiger partial charge in [-0.3, -0.25) is 10.1 Å². The molecule has 3 rings (SSSR count). The van der Waals surface area contributed by atoms with Crippen molar-refractivity contribution in [3.8, 4) is 0 Å². The molecule has 0 radical (unpaired) electrons. The van der Waals surface area contributed by atoms with E-state index >= 15 is 0 Å². The highest BCUT2D eigenvalue weighted by molar-refractivity contribution is 7.84. The van der Waals surface area contributed by atoms with Gasteiger partial charge in [0.15, 0.2) is 0 Å². The van der Waals surface area contributed by atoms with Crippen molar-refractivity contribution in [1.82, 2.24) is 14.9 Å². The van der Waals surface area contributed by atoms with Gasteiger partial charge in [-0.2, -0.15) is 0 Å². The van der Waals surface area contributed by atoms with Crippen LogP contribution in [0.25, 0.3) is 5.70 Å². The molecule has 174 valence electrons. The lowest BCUT2D eigenvalue weighted by atomic mass is 10.1. The molecule has 0 aliphatic heterocycles. The lowest BCUT2D eigenvalue weighted by Gasteiger charge is -2.19.